The normalized spacial score (nSPS) is 22.7. The Morgan fingerprint density at radius 1 is 0.957 bits per heavy atom. The van der Waals surface area contributed by atoms with Crippen molar-refractivity contribution in [1.29, 1.82) is 0 Å². The largest absolute Gasteiger partial charge is 0.288 e. The number of likely N-dealkylation sites (tertiary alicyclic amines) is 1. The van der Waals surface area contributed by atoms with Crippen LogP contribution in [0.5, 0.6) is 0 Å². The van der Waals surface area contributed by atoms with Crippen LogP contribution in [0.4, 0.5) is 0 Å². The van der Waals surface area contributed by atoms with Crippen molar-refractivity contribution in [3.05, 3.63) is 35.9 Å². The standard InChI is InChI=1S/C14H21NO6S2/c1-22(16,17)20-10-13-8-14(11-21-23(2,18)19)15(13)9-12-6-4-3-5-7-12/h3-7,13-14H,8-11H2,1-2H3/t13-,14+. The van der Waals surface area contributed by atoms with E-state index >= 15 is 0 Å². The Kier molecular flexibility index (Phi) is 5.79. The van der Waals surface area contributed by atoms with Crippen LogP contribution in [0.3, 0.4) is 0 Å². The quantitative estimate of drug-likeness (QED) is 0.624. The fourth-order valence-corrected chi connectivity index (χ4v) is 3.34. The summed E-state index contributed by atoms with van der Waals surface area (Å²) < 4.78 is 54.3. The Bertz CT molecular complexity index is 675. The van der Waals surface area contributed by atoms with Crippen molar-refractivity contribution in [2.45, 2.75) is 25.0 Å². The Balaban J connectivity index is 2.00. The van der Waals surface area contributed by atoms with E-state index in [0.29, 0.717) is 13.0 Å². The molecule has 0 unspecified atom stereocenters. The first-order chi connectivity index (χ1) is 10.6. The van der Waals surface area contributed by atoms with Crippen molar-refractivity contribution in [3.8, 4) is 0 Å². The van der Waals surface area contributed by atoms with E-state index in [-0.39, 0.29) is 25.3 Å². The van der Waals surface area contributed by atoms with Gasteiger partial charge in [-0.2, -0.15) is 16.8 Å². The van der Waals surface area contributed by atoms with Gasteiger partial charge in [0.25, 0.3) is 20.2 Å². The van der Waals surface area contributed by atoms with Gasteiger partial charge in [0.05, 0.1) is 25.7 Å². The highest BCUT2D eigenvalue weighted by atomic mass is 32.2. The second kappa shape index (κ2) is 7.27. The molecule has 2 atom stereocenters. The van der Waals surface area contributed by atoms with Gasteiger partial charge >= 0.3 is 0 Å². The van der Waals surface area contributed by atoms with Gasteiger partial charge in [0.1, 0.15) is 0 Å². The van der Waals surface area contributed by atoms with Gasteiger partial charge in [-0.1, -0.05) is 30.3 Å². The summed E-state index contributed by atoms with van der Waals surface area (Å²) >= 11 is 0. The molecular formula is C14H21NO6S2. The van der Waals surface area contributed by atoms with E-state index < -0.39 is 20.2 Å². The Labute approximate surface area is 137 Å². The van der Waals surface area contributed by atoms with E-state index in [1.807, 2.05) is 35.2 Å². The van der Waals surface area contributed by atoms with Crippen LogP contribution in [0.15, 0.2) is 30.3 Å². The first kappa shape index (κ1) is 18.3. The smallest absolute Gasteiger partial charge is 0.264 e. The number of hydrogen-bond donors (Lipinski definition) is 0. The SMILES string of the molecule is CS(=O)(=O)OC[C@@H]1C[C@H](COS(C)(=O)=O)N1Cc1ccccc1. The fourth-order valence-electron chi connectivity index (χ4n) is 2.53. The Morgan fingerprint density at radius 3 is 1.87 bits per heavy atom. The van der Waals surface area contributed by atoms with Crippen LogP contribution in [0, 0.1) is 0 Å². The molecule has 1 aliphatic heterocycles. The third-order valence-electron chi connectivity index (χ3n) is 3.64. The highest BCUT2D eigenvalue weighted by Gasteiger charge is 2.39. The van der Waals surface area contributed by atoms with Crippen molar-refractivity contribution in [3.63, 3.8) is 0 Å². The molecule has 7 nitrogen and oxygen atoms in total. The third-order valence-corrected chi connectivity index (χ3v) is 4.77. The maximum atomic E-state index is 11.1. The van der Waals surface area contributed by atoms with Gasteiger partial charge in [-0.25, -0.2) is 0 Å². The van der Waals surface area contributed by atoms with Gasteiger partial charge in [0.15, 0.2) is 0 Å². The fraction of sp³-hybridized carbons (Fsp3) is 0.571. The van der Waals surface area contributed by atoms with Crippen molar-refractivity contribution >= 4 is 20.2 Å². The van der Waals surface area contributed by atoms with Gasteiger partial charge < -0.3 is 0 Å². The van der Waals surface area contributed by atoms with E-state index in [1.54, 1.807) is 0 Å². The lowest BCUT2D eigenvalue weighted by Gasteiger charge is -2.48. The first-order valence-electron chi connectivity index (χ1n) is 7.12. The van der Waals surface area contributed by atoms with Crippen LogP contribution in [0.25, 0.3) is 0 Å². The lowest BCUT2D eigenvalue weighted by molar-refractivity contribution is -0.0359. The molecular weight excluding hydrogens is 342 g/mol. The van der Waals surface area contributed by atoms with Crippen LogP contribution in [-0.2, 0) is 35.1 Å². The molecule has 0 spiro atoms. The molecule has 0 amide bonds. The topological polar surface area (TPSA) is 90.0 Å². The summed E-state index contributed by atoms with van der Waals surface area (Å²) in [5.74, 6) is 0. The molecule has 1 saturated heterocycles. The molecule has 1 heterocycles. The Morgan fingerprint density at radius 2 is 1.43 bits per heavy atom. The summed E-state index contributed by atoms with van der Waals surface area (Å²) in [4.78, 5) is 2.01. The summed E-state index contributed by atoms with van der Waals surface area (Å²) in [6.07, 6.45) is 2.65. The highest BCUT2D eigenvalue weighted by Crippen LogP contribution is 2.29. The molecule has 23 heavy (non-hydrogen) atoms. The van der Waals surface area contributed by atoms with Crippen molar-refractivity contribution < 1.29 is 25.2 Å². The molecule has 1 aromatic carbocycles. The average Bonchev–Trinajstić information content (AvgIpc) is 2.42. The van der Waals surface area contributed by atoms with Gasteiger partial charge in [0.2, 0.25) is 0 Å². The molecule has 0 radical (unpaired) electrons. The summed E-state index contributed by atoms with van der Waals surface area (Å²) in [5, 5.41) is 0. The van der Waals surface area contributed by atoms with E-state index in [2.05, 4.69) is 0 Å². The van der Waals surface area contributed by atoms with Crippen LogP contribution < -0.4 is 0 Å². The lowest BCUT2D eigenvalue weighted by atomic mass is 9.93. The van der Waals surface area contributed by atoms with Crippen molar-refractivity contribution in [2.24, 2.45) is 0 Å². The van der Waals surface area contributed by atoms with Crippen LogP contribution in [0.1, 0.15) is 12.0 Å². The van der Waals surface area contributed by atoms with Crippen molar-refractivity contribution in [2.75, 3.05) is 25.7 Å². The van der Waals surface area contributed by atoms with Crippen LogP contribution >= 0.6 is 0 Å². The molecule has 130 valence electrons. The van der Waals surface area contributed by atoms with Crippen LogP contribution in [-0.4, -0.2) is 59.5 Å². The third kappa shape index (κ3) is 6.19. The Hall–Kier alpha value is -1.00. The second-order valence-electron chi connectivity index (χ2n) is 5.68. The summed E-state index contributed by atoms with van der Waals surface area (Å²) in [6.45, 7) is 0.693. The molecule has 0 aromatic heterocycles. The summed E-state index contributed by atoms with van der Waals surface area (Å²) in [7, 11) is -7.00. The molecule has 1 fully saturated rings. The minimum Gasteiger partial charge on any atom is -0.288 e. The van der Waals surface area contributed by atoms with Gasteiger partial charge in [-0.05, 0) is 12.0 Å². The van der Waals surface area contributed by atoms with Crippen LogP contribution in [0.2, 0.25) is 0 Å². The van der Waals surface area contributed by atoms with Gasteiger partial charge in [-0.3, -0.25) is 13.3 Å². The molecule has 0 N–H and O–H groups in total. The summed E-state index contributed by atoms with van der Waals surface area (Å²) in [6, 6.07) is 9.49. The number of hydrogen-bond acceptors (Lipinski definition) is 7. The molecule has 9 heteroatoms. The minimum absolute atomic E-state index is 0.0566. The molecule has 1 aliphatic rings. The summed E-state index contributed by atoms with van der Waals surface area (Å²) in [5.41, 5.74) is 1.06. The predicted octanol–water partition coefficient (Wildman–Crippen LogP) is 0.582. The van der Waals surface area contributed by atoms with E-state index in [0.717, 1.165) is 18.1 Å². The van der Waals surface area contributed by atoms with Crippen molar-refractivity contribution in [1.82, 2.24) is 4.90 Å². The zero-order valence-electron chi connectivity index (χ0n) is 13.1. The molecule has 0 bridgehead atoms. The number of rotatable bonds is 8. The second-order valence-corrected chi connectivity index (χ2v) is 8.97. The lowest BCUT2D eigenvalue weighted by Crippen LogP contribution is -2.59. The highest BCUT2D eigenvalue weighted by molar-refractivity contribution is 7.86. The predicted molar refractivity (Wildman–Crippen MR) is 85.8 cm³/mol. The van der Waals surface area contributed by atoms with E-state index in [4.69, 9.17) is 8.37 Å². The zero-order valence-corrected chi connectivity index (χ0v) is 14.7. The van der Waals surface area contributed by atoms with E-state index in [9.17, 15) is 16.8 Å². The molecule has 0 saturated carbocycles. The van der Waals surface area contributed by atoms with Gasteiger partial charge in [-0.15, -0.1) is 0 Å². The van der Waals surface area contributed by atoms with E-state index in [1.165, 1.54) is 0 Å². The average molecular weight is 363 g/mol. The zero-order chi connectivity index (χ0) is 17.1. The monoisotopic (exact) mass is 363 g/mol. The molecule has 2 rings (SSSR count). The first-order valence-corrected chi connectivity index (χ1v) is 10.8. The maximum absolute atomic E-state index is 11.1. The molecule has 1 aromatic rings. The molecule has 0 aliphatic carbocycles. The number of nitrogens with zero attached hydrogens (tertiary/aromatic N) is 1. The number of benzene rings is 1. The minimum atomic E-state index is -3.50. The maximum Gasteiger partial charge on any atom is 0.264 e. The van der Waals surface area contributed by atoms with Gasteiger partial charge in [0, 0.05) is 18.6 Å².